The van der Waals surface area contributed by atoms with E-state index in [4.69, 9.17) is 4.74 Å². The normalized spacial score (nSPS) is 11.2. The zero-order valence-electron chi connectivity index (χ0n) is 7.75. The number of hydrogen-bond acceptors (Lipinski definition) is 2. The lowest BCUT2D eigenvalue weighted by Gasteiger charge is -1.98. The van der Waals surface area contributed by atoms with E-state index in [1.165, 1.54) is 0 Å². The lowest BCUT2D eigenvalue weighted by molar-refractivity contribution is -0.143. The van der Waals surface area contributed by atoms with Crippen LogP contribution in [0, 0.1) is 0 Å². The largest absolute Gasteiger partial charge is 0.465 e. The summed E-state index contributed by atoms with van der Waals surface area (Å²) >= 11 is 0. The molecule has 2 nitrogen and oxygen atoms in total. The third-order valence-electron chi connectivity index (χ3n) is 1.28. The van der Waals surface area contributed by atoms with Crippen LogP contribution in [0.25, 0.3) is 0 Å². The molecule has 0 aliphatic carbocycles. The summed E-state index contributed by atoms with van der Waals surface area (Å²) in [6.07, 6.45) is 9.06. The second-order valence-corrected chi connectivity index (χ2v) is 2.32. The maximum atomic E-state index is 10.6. The van der Waals surface area contributed by atoms with Crippen LogP contribution >= 0.6 is 0 Å². The Labute approximate surface area is 73.9 Å². The van der Waals surface area contributed by atoms with Gasteiger partial charge in [-0.2, -0.15) is 0 Å². The third-order valence-corrected chi connectivity index (χ3v) is 1.28. The van der Waals surface area contributed by atoms with Gasteiger partial charge in [-0.1, -0.05) is 31.2 Å². The molecule has 0 aliphatic heterocycles. The van der Waals surface area contributed by atoms with Crippen LogP contribution in [0.2, 0.25) is 0 Å². The number of ether oxygens (including phenoxy) is 1. The van der Waals surface area contributed by atoms with Crippen molar-refractivity contribution >= 4 is 5.97 Å². The van der Waals surface area contributed by atoms with Gasteiger partial charge in [0.2, 0.25) is 0 Å². The zero-order chi connectivity index (χ0) is 9.23. The Morgan fingerprint density at radius 2 is 2.17 bits per heavy atom. The lowest BCUT2D eigenvalue weighted by Crippen LogP contribution is -2.02. The van der Waals surface area contributed by atoms with Crippen LogP contribution in [0.4, 0.5) is 0 Å². The molecule has 0 heterocycles. The van der Waals surface area contributed by atoms with E-state index in [0.29, 0.717) is 13.0 Å². The van der Waals surface area contributed by atoms with Crippen molar-refractivity contribution in [3.05, 3.63) is 24.3 Å². The maximum absolute atomic E-state index is 10.6. The third kappa shape index (κ3) is 7.06. The SMILES string of the molecule is C/C=C/C=C/CCOC(=O)CC. The van der Waals surface area contributed by atoms with E-state index >= 15 is 0 Å². The molecular weight excluding hydrogens is 152 g/mol. The monoisotopic (exact) mass is 168 g/mol. The minimum absolute atomic E-state index is 0.130. The molecule has 0 saturated heterocycles. The number of carbonyl (C=O) groups excluding carboxylic acids is 1. The van der Waals surface area contributed by atoms with Gasteiger partial charge in [0.05, 0.1) is 6.61 Å². The second kappa shape index (κ2) is 8.05. The van der Waals surface area contributed by atoms with Crippen molar-refractivity contribution in [3.63, 3.8) is 0 Å². The van der Waals surface area contributed by atoms with Crippen LogP contribution in [0.3, 0.4) is 0 Å². The Morgan fingerprint density at radius 3 is 2.75 bits per heavy atom. The fraction of sp³-hybridized carbons (Fsp3) is 0.500. The molecule has 2 heteroatoms. The van der Waals surface area contributed by atoms with Crippen molar-refractivity contribution in [1.29, 1.82) is 0 Å². The first-order valence-corrected chi connectivity index (χ1v) is 4.24. The van der Waals surface area contributed by atoms with E-state index < -0.39 is 0 Å². The highest BCUT2D eigenvalue weighted by molar-refractivity contribution is 5.68. The van der Waals surface area contributed by atoms with E-state index in [1.807, 2.05) is 31.2 Å². The molecule has 0 aromatic rings. The van der Waals surface area contributed by atoms with Gasteiger partial charge in [0.15, 0.2) is 0 Å². The highest BCUT2D eigenvalue weighted by Crippen LogP contribution is 1.89. The summed E-state index contributed by atoms with van der Waals surface area (Å²) in [6.45, 7) is 4.24. The Kier molecular flexibility index (Phi) is 7.35. The van der Waals surface area contributed by atoms with Crippen molar-refractivity contribution < 1.29 is 9.53 Å². The van der Waals surface area contributed by atoms with E-state index in [-0.39, 0.29) is 5.97 Å². The van der Waals surface area contributed by atoms with Gasteiger partial charge in [-0.3, -0.25) is 4.79 Å². The molecule has 0 bridgehead atoms. The van der Waals surface area contributed by atoms with Crippen LogP contribution in [0.5, 0.6) is 0 Å². The van der Waals surface area contributed by atoms with E-state index in [1.54, 1.807) is 6.92 Å². The molecular formula is C10H16O2. The first-order chi connectivity index (χ1) is 5.81. The molecule has 68 valence electrons. The van der Waals surface area contributed by atoms with Crippen molar-refractivity contribution in [2.24, 2.45) is 0 Å². The molecule has 0 aliphatic rings. The summed E-state index contributed by atoms with van der Waals surface area (Å²) in [7, 11) is 0. The molecule has 0 fully saturated rings. The van der Waals surface area contributed by atoms with Crippen molar-refractivity contribution in [2.45, 2.75) is 26.7 Å². The number of carbonyl (C=O) groups is 1. The highest BCUT2D eigenvalue weighted by Gasteiger charge is 1.94. The van der Waals surface area contributed by atoms with Gasteiger partial charge in [0, 0.05) is 6.42 Å². The fourth-order valence-corrected chi connectivity index (χ4v) is 0.629. The van der Waals surface area contributed by atoms with Gasteiger partial charge in [-0.05, 0) is 13.3 Å². The second-order valence-electron chi connectivity index (χ2n) is 2.32. The molecule has 12 heavy (non-hydrogen) atoms. The first kappa shape index (κ1) is 11.0. The van der Waals surface area contributed by atoms with Gasteiger partial charge in [0.25, 0.3) is 0 Å². The van der Waals surface area contributed by atoms with Gasteiger partial charge in [0.1, 0.15) is 0 Å². The van der Waals surface area contributed by atoms with Crippen molar-refractivity contribution in [3.8, 4) is 0 Å². The van der Waals surface area contributed by atoms with Crippen LogP contribution in [0.1, 0.15) is 26.7 Å². The van der Waals surface area contributed by atoms with Crippen LogP contribution in [0.15, 0.2) is 24.3 Å². The number of esters is 1. The topological polar surface area (TPSA) is 26.3 Å². The standard InChI is InChI=1S/C10H16O2/c1-3-5-6-7-8-9-12-10(11)4-2/h3,5-7H,4,8-9H2,1-2H3/b5-3+,7-6+. The summed E-state index contributed by atoms with van der Waals surface area (Å²) in [6, 6.07) is 0. The minimum Gasteiger partial charge on any atom is -0.465 e. The Morgan fingerprint density at radius 1 is 1.42 bits per heavy atom. The average molecular weight is 168 g/mol. The van der Waals surface area contributed by atoms with Gasteiger partial charge in [-0.25, -0.2) is 0 Å². The van der Waals surface area contributed by atoms with E-state index in [2.05, 4.69) is 0 Å². The molecule has 0 radical (unpaired) electrons. The molecule has 0 saturated carbocycles. The molecule has 0 atom stereocenters. The maximum Gasteiger partial charge on any atom is 0.305 e. The molecule has 0 unspecified atom stereocenters. The van der Waals surface area contributed by atoms with E-state index in [9.17, 15) is 4.79 Å². The minimum atomic E-state index is -0.130. The molecule has 0 aromatic carbocycles. The van der Waals surface area contributed by atoms with Crippen LogP contribution < -0.4 is 0 Å². The lowest BCUT2D eigenvalue weighted by atomic mass is 10.4. The molecule has 0 rings (SSSR count). The summed E-state index contributed by atoms with van der Waals surface area (Å²) in [5.74, 6) is -0.130. The molecule has 0 spiro atoms. The first-order valence-electron chi connectivity index (χ1n) is 4.24. The predicted octanol–water partition coefficient (Wildman–Crippen LogP) is 2.46. The number of hydrogen-bond donors (Lipinski definition) is 0. The van der Waals surface area contributed by atoms with Gasteiger partial charge < -0.3 is 4.74 Å². The van der Waals surface area contributed by atoms with Crippen molar-refractivity contribution in [2.75, 3.05) is 6.61 Å². The summed E-state index contributed by atoms with van der Waals surface area (Å²) in [5.41, 5.74) is 0. The number of allylic oxidation sites excluding steroid dienone is 3. The van der Waals surface area contributed by atoms with Gasteiger partial charge in [-0.15, -0.1) is 0 Å². The Balaban J connectivity index is 3.26. The van der Waals surface area contributed by atoms with Crippen LogP contribution in [-0.2, 0) is 9.53 Å². The highest BCUT2D eigenvalue weighted by atomic mass is 16.5. The summed E-state index contributed by atoms with van der Waals surface area (Å²) in [4.78, 5) is 10.6. The Hall–Kier alpha value is -1.05. The molecule has 0 amide bonds. The Bertz CT molecular complexity index is 169. The zero-order valence-corrected chi connectivity index (χ0v) is 7.75. The van der Waals surface area contributed by atoms with Gasteiger partial charge >= 0.3 is 5.97 Å². The molecule has 0 aromatic heterocycles. The predicted molar refractivity (Wildman–Crippen MR) is 49.8 cm³/mol. The number of rotatable bonds is 5. The van der Waals surface area contributed by atoms with Crippen molar-refractivity contribution in [1.82, 2.24) is 0 Å². The van der Waals surface area contributed by atoms with Crippen LogP contribution in [-0.4, -0.2) is 12.6 Å². The smallest absolute Gasteiger partial charge is 0.305 e. The summed E-state index contributed by atoms with van der Waals surface area (Å²) in [5, 5.41) is 0. The quantitative estimate of drug-likeness (QED) is 0.358. The van der Waals surface area contributed by atoms with E-state index in [0.717, 1.165) is 6.42 Å². The summed E-state index contributed by atoms with van der Waals surface area (Å²) < 4.78 is 4.86. The fourth-order valence-electron chi connectivity index (χ4n) is 0.629. The average Bonchev–Trinajstić information content (AvgIpc) is 2.10. The molecule has 0 N–H and O–H groups in total.